The van der Waals surface area contributed by atoms with E-state index < -0.39 is 23.5 Å². The van der Waals surface area contributed by atoms with Gasteiger partial charge in [-0.3, -0.25) is 0 Å². The standard InChI is InChI=1S/C58H56F6N6O2/c1-69(2,3)33-7-35-71-43-21-13-39(14-22-43)55-49-29-25-45(65-49)53(37-9-17-41(18-10-37)57(59,60)61)47-27-31-51(67-47)56(40-15-23-44(24-16-40)72-36-8-34-70(4,5)6)52-32-28-48(68-52)54(46-26-30-50(55)66-46)38-11-19-42(20-12-38)58(62,63)64/h9-32,65-66H,7-8,33-36H2,1-6H3/q+2. The summed E-state index contributed by atoms with van der Waals surface area (Å²) >= 11 is 0. The molecule has 2 aliphatic rings. The minimum Gasteiger partial charge on any atom is -0.493 e. The Kier molecular flexibility index (Phi) is 13.5. The number of H-pyrrole nitrogens is 2. The van der Waals surface area contributed by atoms with E-state index in [1.807, 2.05) is 97.1 Å². The minimum absolute atomic E-state index is 0.499. The number of rotatable bonds is 14. The van der Waals surface area contributed by atoms with Crippen LogP contribution in [-0.2, 0) is 12.4 Å². The van der Waals surface area contributed by atoms with Crippen molar-refractivity contribution >= 4 is 46.4 Å². The number of nitrogens with zero attached hydrogens (tertiary/aromatic N) is 4. The number of hydrogen-bond acceptors (Lipinski definition) is 4. The Labute approximate surface area is 414 Å². The van der Waals surface area contributed by atoms with Gasteiger partial charge in [-0.05, 0) is 119 Å². The van der Waals surface area contributed by atoms with Crippen LogP contribution in [0.5, 0.6) is 11.5 Å². The molecular weight excluding hydrogens is 927 g/mol. The number of aromatic nitrogens is 4. The number of nitrogens with one attached hydrogen (secondary N) is 2. The normalized spacial score (nSPS) is 12.9. The minimum atomic E-state index is -4.54. The first-order valence-corrected chi connectivity index (χ1v) is 23.8. The average Bonchev–Trinajstić information content (AvgIpc) is 4.18. The average molecular weight is 983 g/mol. The molecule has 0 unspecified atom stereocenters. The number of hydrogen-bond donors (Lipinski definition) is 2. The van der Waals surface area contributed by atoms with E-state index >= 15 is 0 Å². The van der Waals surface area contributed by atoms with Crippen molar-refractivity contribution in [2.24, 2.45) is 0 Å². The molecule has 72 heavy (non-hydrogen) atoms. The molecular formula is C58H56F6N6O2+2. The monoisotopic (exact) mass is 982 g/mol. The highest BCUT2D eigenvalue weighted by molar-refractivity contribution is 6.00. The van der Waals surface area contributed by atoms with Gasteiger partial charge in [0.1, 0.15) is 11.5 Å². The van der Waals surface area contributed by atoms with Gasteiger partial charge in [-0.15, -0.1) is 0 Å². The van der Waals surface area contributed by atoms with E-state index in [2.05, 4.69) is 52.3 Å². The predicted octanol–water partition coefficient (Wildman–Crippen LogP) is 14.3. The van der Waals surface area contributed by atoms with E-state index in [1.54, 1.807) is 0 Å². The van der Waals surface area contributed by atoms with Gasteiger partial charge < -0.3 is 28.4 Å². The lowest BCUT2D eigenvalue weighted by atomic mass is 10.0. The number of alkyl halides is 6. The highest BCUT2D eigenvalue weighted by Gasteiger charge is 2.31. The van der Waals surface area contributed by atoms with Crippen LogP contribution in [0, 0.1) is 0 Å². The van der Waals surface area contributed by atoms with Gasteiger partial charge >= 0.3 is 12.4 Å². The molecule has 0 fully saturated rings. The lowest BCUT2D eigenvalue weighted by molar-refractivity contribution is -0.870. The van der Waals surface area contributed by atoms with Gasteiger partial charge in [0.05, 0.1) is 102 Å². The Balaban J connectivity index is 1.29. The first-order valence-electron chi connectivity index (χ1n) is 23.8. The Morgan fingerprint density at radius 2 is 0.681 bits per heavy atom. The Hall–Kier alpha value is -7.42. The molecule has 8 nitrogen and oxygen atoms in total. The number of benzene rings is 4. The summed E-state index contributed by atoms with van der Waals surface area (Å²) in [6, 6.07) is 33.1. The van der Waals surface area contributed by atoms with Gasteiger partial charge in [-0.1, -0.05) is 48.5 Å². The van der Waals surface area contributed by atoms with Gasteiger partial charge in [0.15, 0.2) is 0 Å². The lowest BCUT2D eigenvalue weighted by Gasteiger charge is -2.23. The van der Waals surface area contributed by atoms with Crippen LogP contribution < -0.4 is 9.47 Å². The molecule has 8 bridgehead atoms. The predicted molar refractivity (Wildman–Crippen MR) is 277 cm³/mol. The summed E-state index contributed by atoms with van der Waals surface area (Å²) in [6.45, 7) is 2.97. The van der Waals surface area contributed by atoms with Crippen LogP contribution in [0.4, 0.5) is 26.3 Å². The third-order valence-corrected chi connectivity index (χ3v) is 12.5. The summed E-state index contributed by atoms with van der Waals surface area (Å²) in [6.07, 6.45) is 0.0718. The maximum atomic E-state index is 13.9. The van der Waals surface area contributed by atoms with Gasteiger partial charge in [-0.25, -0.2) is 9.97 Å². The quantitative estimate of drug-likeness (QED) is 0.0647. The van der Waals surface area contributed by atoms with Crippen LogP contribution in [0.25, 0.3) is 90.9 Å². The highest BCUT2D eigenvalue weighted by Crippen LogP contribution is 2.41. The molecule has 0 spiro atoms. The lowest BCUT2D eigenvalue weighted by Crippen LogP contribution is -2.36. The molecule has 370 valence electrons. The number of quaternary nitrogens is 2. The molecule has 14 heteroatoms. The zero-order chi connectivity index (χ0) is 51.0. The third kappa shape index (κ3) is 11.4. The van der Waals surface area contributed by atoms with Gasteiger partial charge in [-0.2, -0.15) is 26.3 Å². The van der Waals surface area contributed by atoms with Crippen molar-refractivity contribution in [2.75, 3.05) is 68.6 Å². The van der Waals surface area contributed by atoms with Gasteiger partial charge in [0.2, 0.25) is 0 Å². The zero-order valence-electron chi connectivity index (χ0n) is 41.0. The number of halogens is 6. The van der Waals surface area contributed by atoms with Crippen molar-refractivity contribution in [3.05, 3.63) is 155 Å². The van der Waals surface area contributed by atoms with Gasteiger partial charge in [0.25, 0.3) is 0 Å². The second-order valence-corrected chi connectivity index (χ2v) is 20.1. The molecule has 3 aromatic heterocycles. The van der Waals surface area contributed by atoms with E-state index in [9.17, 15) is 26.3 Å². The van der Waals surface area contributed by atoms with E-state index in [1.165, 1.54) is 24.3 Å². The summed E-state index contributed by atoms with van der Waals surface area (Å²) in [5, 5.41) is 0. The summed E-state index contributed by atoms with van der Waals surface area (Å²) < 4.78 is 97.6. The third-order valence-electron chi connectivity index (χ3n) is 12.5. The fraction of sp³-hybridized carbons (Fsp3) is 0.241. The molecule has 0 radical (unpaired) electrons. The second kappa shape index (κ2) is 19.6. The van der Waals surface area contributed by atoms with Crippen molar-refractivity contribution in [1.29, 1.82) is 0 Å². The van der Waals surface area contributed by atoms with E-state index in [4.69, 9.17) is 19.4 Å². The van der Waals surface area contributed by atoms with Crippen LogP contribution in [0.2, 0.25) is 0 Å². The van der Waals surface area contributed by atoms with E-state index in [0.717, 1.165) is 75.9 Å². The van der Waals surface area contributed by atoms with Crippen molar-refractivity contribution in [2.45, 2.75) is 25.2 Å². The Morgan fingerprint density at radius 3 is 1.01 bits per heavy atom. The van der Waals surface area contributed by atoms with Crippen LogP contribution in [-0.4, -0.2) is 97.5 Å². The largest absolute Gasteiger partial charge is 0.493 e. The summed E-state index contributed by atoms with van der Waals surface area (Å²) in [7, 11) is 12.8. The van der Waals surface area contributed by atoms with Crippen LogP contribution in [0.15, 0.2) is 121 Å². The molecule has 9 rings (SSSR count). The maximum Gasteiger partial charge on any atom is 0.416 e. The number of aromatic amines is 2. The highest BCUT2D eigenvalue weighted by atomic mass is 19.4. The summed E-state index contributed by atoms with van der Waals surface area (Å²) in [5.74, 6) is 1.39. The van der Waals surface area contributed by atoms with Crippen molar-refractivity contribution in [3.63, 3.8) is 0 Å². The molecule has 0 amide bonds. The first kappa shape index (κ1) is 49.6. The van der Waals surface area contributed by atoms with Crippen molar-refractivity contribution in [1.82, 2.24) is 19.9 Å². The fourth-order valence-electron chi connectivity index (χ4n) is 8.97. The summed E-state index contributed by atoms with van der Waals surface area (Å²) in [5.41, 5.74) is 8.23. The van der Waals surface area contributed by atoms with Crippen molar-refractivity contribution < 1.29 is 44.8 Å². The SMILES string of the molecule is C[N+](C)(C)CCCOc1ccc(-c2c3nc(c(-c4ccc(C(F)(F)F)cc4)c4ccc([nH]4)c(-c4ccc(OCCC[N+](C)(C)C)cc4)c4ccc([nH]4)c(-c4ccc(C(F)(F)F)cc4)c4nc2C=C4)C=C3)cc1. The molecule has 5 heterocycles. The Morgan fingerprint density at radius 1 is 0.389 bits per heavy atom. The topological polar surface area (TPSA) is 75.8 Å². The molecule has 4 aromatic carbocycles. The maximum absolute atomic E-state index is 13.9. The molecule has 0 atom stereocenters. The molecule has 2 aliphatic heterocycles. The van der Waals surface area contributed by atoms with E-state index in [0.29, 0.717) is 97.4 Å². The molecule has 2 N–H and O–H groups in total. The fourth-order valence-corrected chi connectivity index (χ4v) is 8.97. The second-order valence-electron chi connectivity index (χ2n) is 20.1. The molecule has 0 saturated heterocycles. The summed E-state index contributed by atoms with van der Waals surface area (Å²) in [4.78, 5) is 17.7. The molecule has 7 aromatic rings. The zero-order valence-corrected chi connectivity index (χ0v) is 41.0. The first-order chi connectivity index (χ1) is 34.2. The van der Waals surface area contributed by atoms with Crippen LogP contribution in [0.3, 0.4) is 0 Å². The number of ether oxygens (including phenoxy) is 2. The number of fused-ring (bicyclic) bond motifs is 8. The van der Waals surface area contributed by atoms with E-state index in [-0.39, 0.29) is 0 Å². The smallest absolute Gasteiger partial charge is 0.416 e. The van der Waals surface area contributed by atoms with Crippen LogP contribution >= 0.6 is 0 Å². The van der Waals surface area contributed by atoms with Crippen molar-refractivity contribution in [3.8, 4) is 56.0 Å². The molecule has 0 aliphatic carbocycles. The van der Waals surface area contributed by atoms with Gasteiger partial charge in [0, 0.05) is 57.2 Å². The Bertz CT molecular complexity index is 3160. The van der Waals surface area contributed by atoms with Crippen LogP contribution in [0.1, 0.15) is 46.7 Å². The molecule has 0 saturated carbocycles.